The Hall–Kier alpha value is -1.66. The number of aryl methyl sites for hydroxylation is 1. The maximum absolute atomic E-state index is 12.0. The Bertz CT molecular complexity index is 441. The third-order valence-corrected chi connectivity index (χ3v) is 2.63. The van der Waals surface area contributed by atoms with Crippen LogP contribution >= 0.6 is 0 Å². The molecule has 0 radical (unpaired) electrons. The highest BCUT2D eigenvalue weighted by molar-refractivity contribution is 6.03. The van der Waals surface area contributed by atoms with Crippen LogP contribution in [0.5, 0.6) is 0 Å². The summed E-state index contributed by atoms with van der Waals surface area (Å²) in [6.07, 6.45) is 0. The van der Waals surface area contributed by atoms with Gasteiger partial charge in [0.1, 0.15) is 0 Å². The van der Waals surface area contributed by atoms with Gasteiger partial charge >= 0.3 is 0 Å². The maximum Gasteiger partial charge on any atom is 0.187 e. The smallest absolute Gasteiger partial charge is 0.187 e. The van der Waals surface area contributed by atoms with E-state index < -0.39 is 5.41 Å². The Morgan fingerprint density at radius 3 is 2.73 bits per heavy atom. The van der Waals surface area contributed by atoms with Crippen molar-refractivity contribution in [3.8, 4) is 6.07 Å². The first-order valence-corrected chi connectivity index (χ1v) is 4.78. The highest BCUT2D eigenvalue weighted by Gasteiger charge is 2.46. The van der Waals surface area contributed by atoms with Gasteiger partial charge in [-0.3, -0.25) is 4.79 Å². The van der Waals surface area contributed by atoms with E-state index in [0.29, 0.717) is 5.56 Å². The average Bonchev–Trinajstić information content (AvgIpc) is 2.17. The number of nitriles is 1. The fraction of sp³-hybridized carbons (Fsp3) is 0.333. The normalized spacial score (nSPS) is 17.6. The third-order valence-electron chi connectivity index (χ3n) is 2.63. The number of ketones is 1. The van der Waals surface area contributed by atoms with Gasteiger partial charge in [0.05, 0.1) is 19.3 Å². The van der Waals surface area contributed by atoms with Crippen molar-refractivity contribution in [1.29, 1.82) is 5.26 Å². The molecule has 0 aliphatic carbocycles. The van der Waals surface area contributed by atoms with E-state index in [-0.39, 0.29) is 19.0 Å². The molecule has 0 amide bonds. The summed E-state index contributed by atoms with van der Waals surface area (Å²) in [4.78, 5) is 12.0. The summed E-state index contributed by atoms with van der Waals surface area (Å²) in [5.74, 6) is -0.125. The van der Waals surface area contributed by atoms with Crippen LogP contribution in [0.3, 0.4) is 0 Å². The molecule has 1 aromatic carbocycles. The number of hydrogen-bond acceptors (Lipinski definition) is 3. The monoisotopic (exact) mass is 201 g/mol. The summed E-state index contributed by atoms with van der Waals surface area (Å²) in [6.45, 7) is 2.36. The quantitative estimate of drug-likeness (QED) is 0.684. The summed E-state index contributed by atoms with van der Waals surface area (Å²) < 4.78 is 4.96. The number of nitrogens with zero attached hydrogens (tertiary/aromatic N) is 1. The van der Waals surface area contributed by atoms with Gasteiger partial charge in [-0.1, -0.05) is 23.8 Å². The number of Topliss-reactive ketones (excluding diaryl/α,β-unsaturated/α-hetero) is 1. The van der Waals surface area contributed by atoms with Crippen LogP contribution in [0.1, 0.15) is 15.9 Å². The molecule has 0 saturated carbocycles. The minimum absolute atomic E-state index is 0.125. The lowest BCUT2D eigenvalue weighted by Gasteiger charge is -2.33. The summed E-state index contributed by atoms with van der Waals surface area (Å²) >= 11 is 0. The first kappa shape index (κ1) is 9.88. The molecule has 15 heavy (non-hydrogen) atoms. The minimum atomic E-state index is -0.937. The van der Waals surface area contributed by atoms with Crippen molar-refractivity contribution in [2.75, 3.05) is 13.2 Å². The SMILES string of the molecule is Cc1cccc(C(=O)C2(C#N)COC2)c1. The van der Waals surface area contributed by atoms with Gasteiger partial charge in [0.25, 0.3) is 0 Å². The van der Waals surface area contributed by atoms with Gasteiger partial charge < -0.3 is 4.74 Å². The Balaban J connectivity index is 2.33. The first-order valence-electron chi connectivity index (χ1n) is 4.78. The fourth-order valence-electron chi connectivity index (χ4n) is 1.62. The zero-order valence-electron chi connectivity index (χ0n) is 8.49. The molecular formula is C12H11NO2. The van der Waals surface area contributed by atoms with E-state index in [1.807, 2.05) is 19.1 Å². The second kappa shape index (κ2) is 3.48. The molecule has 2 rings (SSSR count). The summed E-state index contributed by atoms with van der Waals surface area (Å²) in [5.41, 5.74) is 0.683. The number of rotatable bonds is 2. The largest absolute Gasteiger partial charge is 0.377 e. The predicted molar refractivity (Wildman–Crippen MR) is 54.4 cm³/mol. The highest BCUT2D eigenvalue weighted by atomic mass is 16.5. The topological polar surface area (TPSA) is 50.1 Å². The second-order valence-electron chi connectivity index (χ2n) is 3.89. The zero-order valence-corrected chi connectivity index (χ0v) is 8.49. The number of benzene rings is 1. The average molecular weight is 201 g/mol. The van der Waals surface area contributed by atoms with E-state index in [4.69, 9.17) is 10.00 Å². The molecule has 0 bridgehead atoms. The van der Waals surface area contributed by atoms with Gasteiger partial charge in [-0.05, 0) is 13.0 Å². The van der Waals surface area contributed by atoms with Gasteiger partial charge in [0.15, 0.2) is 11.2 Å². The van der Waals surface area contributed by atoms with Crippen LogP contribution in [-0.2, 0) is 4.74 Å². The van der Waals surface area contributed by atoms with Crippen LogP contribution in [0.25, 0.3) is 0 Å². The molecule has 1 aliphatic heterocycles. The van der Waals surface area contributed by atoms with Crippen LogP contribution in [0, 0.1) is 23.7 Å². The van der Waals surface area contributed by atoms with E-state index in [9.17, 15) is 4.79 Å². The van der Waals surface area contributed by atoms with E-state index in [2.05, 4.69) is 6.07 Å². The van der Waals surface area contributed by atoms with E-state index in [0.717, 1.165) is 5.56 Å². The van der Waals surface area contributed by atoms with E-state index in [1.54, 1.807) is 12.1 Å². The Labute approximate surface area is 88.3 Å². The molecule has 0 atom stereocenters. The van der Waals surface area contributed by atoms with Crippen molar-refractivity contribution >= 4 is 5.78 Å². The molecule has 0 N–H and O–H groups in total. The van der Waals surface area contributed by atoms with Crippen molar-refractivity contribution in [1.82, 2.24) is 0 Å². The number of ether oxygens (including phenoxy) is 1. The molecular weight excluding hydrogens is 190 g/mol. The lowest BCUT2D eigenvalue weighted by molar-refractivity contribution is -0.0566. The highest BCUT2D eigenvalue weighted by Crippen LogP contribution is 2.30. The predicted octanol–water partition coefficient (Wildman–Crippen LogP) is 1.72. The Morgan fingerprint density at radius 2 is 2.27 bits per heavy atom. The molecule has 1 aliphatic rings. The van der Waals surface area contributed by atoms with E-state index >= 15 is 0 Å². The lowest BCUT2D eigenvalue weighted by atomic mass is 9.80. The van der Waals surface area contributed by atoms with Crippen LogP contribution in [-0.4, -0.2) is 19.0 Å². The van der Waals surface area contributed by atoms with E-state index in [1.165, 1.54) is 0 Å². The summed E-state index contributed by atoms with van der Waals surface area (Å²) in [6, 6.07) is 9.36. The van der Waals surface area contributed by atoms with Crippen molar-refractivity contribution in [3.63, 3.8) is 0 Å². The lowest BCUT2D eigenvalue weighted by Crippen LogP contribution is -2.47. The third kappa shape index (κ3) is 1.53. The number of carbonyl (C=O) groups excluding carboxylic acids is 1. The van der Waals surface area contributed by atoms with Gasteiger partial charge in [-0.15, -0.1) is 0 Å². The standard InChI is InChI=1S/C12H11NO2/c1-9-3-2-4-10(5-9)11(14)12(6-13)7-15-8-12/h2-5H,7-8H2,1H3. The molecule has 3 heteroatoms. The molecule has 0 unspecified atom stereocenters. The van der Waals surface area contributed by atoms with Gasteiger partial charge in [0, 0.05) is 5.56 Å². The van der Waals surface area contributed by atoms with Crippen LogP contribution in [0.4, 0.5) is 0 Å². The minimum Gasteiger partial charge on any atom is -0.377 e. The van der Waals surface area contributed by atoms with Crippen molar-refractivity contribution in [2.24, 2.45) is 5.41 Å². The molecule has 76 valence electrons. The number of hydrogen-bond donors (Lipinski definition) is 0. The molecule has 1 aromatic rings. The molecule has 1 heterocycles. The van der Waals surface area contributed by atoms with Gasteiger partial charge in [-0.2, -0.15) is 5.26 Å². The maximum atomic E-state index is 12.0. The second-order valence-corrected chi connectivity index (χ2v) is 3.89. The summed E-state index contributed by atoms with van der Waals surface area (Å²) in [7, 11) is 0. The molecule has 0 spiro atoms. The van der Waals surface area contributed by atoms with Crippen LogP contribution < -0.4 is 0 Å². The molecule has 1 saturated heterocycles. The zero-order chi connectivity index (χ0) is 10.9. The molecule has 3 nitrogen and oxygen atoms in total. The van der Waals surface area contributed by atoms with Gasteiger partial charge in [0.2, 0.25) is 0 Å². The van der Waals surface area contributed by atoms with Crippen LogP contribution in [0.15, 0.2) is 24.3 Å². The molecule has 0 aromatic heterocycles. The first-order chi connectivity index (χ1) is 7.18. The van der Waals surface area contributed by atoms with Crippen molar-refractivity contribution < 1.29 is 9.53 Å². The van der Waals surface area contributed by atoms with Gasteiger partial charge in [-0.25, -0.2) is 0 Å². The molecule has 1 fully saturated rings. The van der Waals surface area contributed by atoms with Crippen molar-refractivity contribution in [2.45, 2.75) is 6.92 Å². The number of carbonyl (C=O) groups is 1. The van der Waals surface area contributed by atoms with Crippen LogP contribution in [0.2, 0.25) is 0 Å². The summed E-state index contributed by atoms with van der Waals surface area (Å²) in [5, 5.41) is 8.99. The Kier molecular flexibility index (Phi) is 2.29. The Morgan fingerprint density at radius 1 is 1.53 bits per heavy atom. The van der Waals surface area contributed by atoms with Crippen molar-refractivity contribution in [3.05, 3.63) is 35.4 Å². The fourth-order valence-corrected chi connectivity index (χ4v) is 1.62.